The van der Waals surface area contributed by atoms with Gasteiger partial charge in [0.05, 0.1) is 17.6 Å². The Morgan fingerprint density at radius 2 is 2.22 bits per heavy atom. The highest BCUT2D eigenvalue weighted by molar-refractivity contribution is 9.11. The topological polar surface area (TPSA) is 46.6 Å². The molecular weight excluding hydrogens is 318 g/mol. The Labute approximate surface area is 117 Å². The Bertz CT molecular complexity index is 404. The highest BCUT2D eigenvalue weighted by Gasteiger charge is 2.33. The van der Waals surface area contributed by atoms with E-state index in [1.807, 2.05) is 0 Å². The van der Waals surface area contributed by atoms with Crippen molar-refractivity contribution in [3.8, 4) is 0 Å². The lowest BCUT2D eigenvalue weighted by Gasteiger charge is -2.29. The van der Waals surface area contributed by atoms with Crippen LogP contribution in [0, 0.1) is 0 Å². The predicted octanol–water partition coefficient (Wildman–Crippen LogP) is 1.56. The highest BCUT2D eigenvalue weighted by Crippen LogP contribution is 2.22. The third kappa shape index (κ3) is 4.05. The van der Waals surface area contributed by atoms with Gasteiger partial charge in [-0.2, -0.15) is 0 Å². The summed E-state index contributed by atoms with van der Waals surface area (Å²) in [6, 6.07) is 0.119. The molecule has 18 heavy (non-hydrogen) atoms. The van der Waals surface area contributed by atoms with Crippen LogP contribution in [0.2, 0.25) is 0 Å². The van der Waals surface area contributed by atoms with Crippen LogP contribution in [0.15, 0.2) is 11.1 Å². The molecular formula is C12H20BrNO3S. The number of hydrogen-bond donors (Lipinski definition) is 0. The summed E-state index contributed by atoms with van der Waals surface area (Å²) < 4.78 is 29.7. The Morgan fingerprint density at radius 3 is 2.72 bits per heavy atom. The van der Waals surface area contributed by atoms with Crippen molar-refractivity contribution in [3.05, 3.63) is 11.1 Å². The molecule has 2 rings (SSSR count). The lowest BCUT2D eigenvalue weighted by molar-refractivity contribution is 0.0654. The molecule has 2 aliphatic rings. The van der Waals surface area contributed by atoms with Crippen LogP contribution in [0.5, 0.6) is 0 Å². The van der Waals surface area contributed by atoms with Gasteiger partial charge in [-0.25, -0.2) is 8.42 Å². The zero-order valence-corrected chi connectivity index (χ0v) is 12.9. The van der Waals surface area contributed by atoms with E-state index in [1.54, 1.807) is 0 Å². The second-order valence-electron chi connectivity index (χ2n) is 5.14. The number of halogens is 1. The van der Waals surface area contributed by atoms with Gasteiger partial charge in [-0.05, 0) is 19.3 Å². The maximum Gasteiger partial charge on any atom is 0.151 e. The van der Waals surface area contributed by atoms with Crippen molar-refractivity contribution in [2.24, 2.45) is 0 Å². The Balaban J connectivity index is 1.98. The molecule has 4 nitrogen and oxygen atoms in total. The van der Waals surface area contributed by atoms with E-state index in [-0.39, 0.29) is 17.9 Å². The van der Waals surface area contributed by atoms with Crippen molar-refractivity contribution in [3.63, 3.8) is 0 Å². The van der Waals surface area contributed by atoms with E-state index in [0.29, 0.717) is 12.3 Å². The van der Waals surface area contributed by atoms with Gasteiger partial charge in [0, 0.05) is 30.2 Å². The third-order valence-electron chi connectivity index (χ3n) is 3.56. The summed E-state index contributed by atoms with van der Waals surface area (Å²) in [4.78, 5) is 2.21. The van der Waals surface area contributed by atoms with Gasteiger partial charge in [-0.15, -0.1) is 0 Å². The van der Waals surface area contributed by atoms with Crippen LogP contribution in [0.3, 0.4) is 0 Å². The Kier molecular flexibility index (Phi) is 4.86. The van der Waals surface area contributed by atoms with Crippen LogP contribution in [-0.4, -0.2) is 56.7 Å². The van der Waals surface area contributed by atoms with Crippen molar-refractivity contribution >= 4 is 25.8 Å². The predicted molar refractivity (Wildman–Crippen MR) is 75.7 cm³/mol. The Morgan fingerprint density at radius 1 is 1.44 bits per heavy atom. The summed E-state index contributed by atoms with van der Waals surface area (Å²) in [5.74, 6) is 0.592. The first-order chi connectivity index (χ1) is 8.46. The maximum atomic E-state index is 11.6. The summed E-state index contributed by atoms with van der Waals surface area (Å²) in [5.41, 5.74) is 0. The van der Waals surface area contributed by atoms with E-state index in [2.05, 4.69) is 27.4 Å². The standard InChI is InChI=1S/C12H20BrNO3S/c1-10(13)7-14(8-12-3-2-5-17-12)11-4-6-18(15,16)9-11/h11-12H,1-9H2/t11-,12+/m1/s1. The molecule has 0 N–H and O–H groups in total. The van der Waals surface area contributed by atoms with Crippen molar-refractivity contribution in [2.75, 3.05) is 31.2 Å². The fraction of sp³-hybridized carbons (Fsp3) is 0.833. The molecule has 0 saturated carbocycles. The molecule has 2 fully saturated rings. The number of rotatable bonds is 5. The van der Waals surface area contributed by atoms with Crippen molar-refractivity contribution in [1.82, 2.24) is 4.90 Å². The second-order valence-corrected chi connectivity index (χ2v) is 8.49. The van der Waals surface area contributed by atoms with Gasteiger partial charge in [0.15, 0.2) is 9.84 Å². The van der Waals surface area contributed by atoms with Crippen LogP contribution in [0.25, 0.3) is 0 Å². The summed E-state index contributed by atoms with van der Waals surface area (Å²) >= 11 is 3.37. The second kappa shape index (κ2) is 6.03. The van der Waals surface area contributed by atoms with Gasteiger partial charge in [0.1, 0.15) is 0 Å². The molecule has 0 aromatic rings. The summed E-state index contributed by atoms with van der Waals surface area (Å²) in [5, 5.41) is 0. The van der Waals surface area contributed by atoms with E-state index in [4.69, 9.17) is 4.74 Å². The molecule has 0 aliphatic carbocycles. The van der Waals surface area contributed by atoms with Crippen LogP contribution in [0.4, 0.5) is 0 Å². The van der Waals surface area contributed by atoms with E-state index in [9.17, 15) is 8.42 Å². The molecule has 104 valence electrons. The summed E-state index contributed by atoms with van der Waals surface area (Å²) in [6.07, 6.45) is 3.16. The lowest BCUT2D eigenvalue weighted by atomic mass is 10.1. The van der Waals surface area contributed by atoms with Crippen molar-refractivity contribution < 1.29 is 13.2 Å². The molecule has 2 saturated heterocycles. The maximum absolute atomic E-state index is 11.6. The molecule has 2 heterocycles. The molecule has 2 atom stereocenters. The van der Waals surface area contributed by atoms with E-state index in [1.165, 1.54) is 0 Å². The van der Waals surface area contributed by atoms with Crippen molar-refractivity contribution in [1.29, 1.82) is 0 Å². The van der Waals surface area contributed by atoms with Gasteiger partial charge in [-0.1, -0.05) is 22.5 Å². The minimum Gasteiger partial charge on any atom is -0.377 e. The number of ether oxygens (including phenoxy) is 1. The minimum absolute atomic E-state index is 0.119. The normalized spacial score (nSPS) is 31.0. The first-order valence-corrected chi connectivity index (χ1v) is 8.97. The zero-order valence-electron chi connectivity index (χ0n) is 10.5. The molecule has 0 radical (unpaired) electrons. The minimum atomic E-state index is -2.84. The SMILES string of the molecule is C=C(Br)CN(C[C@@H]1CCCO1)[C@@H]1CCS(=O)(=O)C1. The Hall–Kier alpha value is 0.0900. The summed E-state index contributed by atoms with van der Waals surface area (Å²) in [6.45, 7) is 6.20. The lowest BCUT2D eigenvalue weighted by Crippen LogP contribution is -2.41. The molecule has 0 unspecified atom stereocenters. The van der Waals surface area contributed by atoms with Crippen LogP contribution >= 0.6 is 15.9 Å². The van der Waals surface area contributed by atoms with Gasteiger partial charge < -0.3 is 4.74 Å². The number of sulfone groups is 1. The largest absolute Gasteiger partial charge is 0.377 e. The first kappa shape index (κ1) is 14.5. The molecule has 0 aromatic heterocycles. The van der Waals surface area contributed by atoms with E-state index >= 15 is 0 Å². The molecule has 0 amide bonds. The van der Waals surface area contributed by atoms with Gasteiger partial charge >= 0.3 is 0 Å². The fourth-order valence-electron chi connectivity index (χ4n) is 2.68. The first-order valence-electron chi connectivity index (χ1n) is 6.35. The number of hydrogen-bond acceptors (Lipinski definition) is 4. The quantitative estimate of drug-likeness (QED) is 0.763. The number of nitrogens with zero attached hydrogens (tertiary/aromatic N) is 1. The average Bonchev–Trinajstić information content (AvgIpc) is 2.86. The van der Waals surface area contributed by atoms with Gasteiger partial charge in [0.2, 0.25) is 0 Å². The average molecular weight is 338 g/mol. The van der Waals surface area contributed by atoms with Crippen LogP contribution in [0.1, 0.15) is 19.3 Å². The fourth-order valence-corrected chi connectivity index (χ4v) is 4.76. The zero-order chi connectivity index (χ0) is 13.2. The van der Waals surface area contributed by atoms with Crippen molar-refractivity contribution in [2.45, 2.75) is 31.4 Å². The van der Waals surface area contributed by atoms with Crippen LogP contribution < -0.4 is 0 Å². The van der Waals surface area contributed by atoms with Gasteiger partial charge in [0.25, 0.3) is 0 Å². The molecule has 0 spiro atoms. The molecule has 6 heteroatoms. The van der Waals surface area contributed by atoms with Crippen LogP contribution in [-0.2, 0) is 14.6 Å². The smallest absolute Gasteiger partial charge is 0.151 e. The van der Waals surface area contributed by atoms with E-state index < -0.39 is 9.84 Å². The van der Waals surface area contributed by atoms with Gasteiger partial charge in [-0.3, -0.25) is 4.90 Å². The van der Waals surface area contributed by atoms with E-state index in [0.717, 1.165) is 36.9 Å². The molecule has 0 bridgehead atoms. The highest BCUT2D eigenvalue weighted by atomic mass is 79.9. The molecule has 0 aromatic carbocycles. The molecule has 2 aliphatic heterocycles. The third-order valence-corrected chi connectivity index (χ3v) is 5.56. The summed E-state index contributed by atoms with van der Waals surface area (Å²) in [7, 11) is -2.84. The monoisotopic (exact) mass is 337 g/mol.